The van der Waals surface area contributed by atoms with Crippen LogP contribution in [-0.4, -0.2) is 41.1 Å². The van der Waals surface area contributed by atoms with Crippen LogP contribution in [0.25, 0.3) is 16.8 Å². The zero-order chi connectivity index (χ0) is 31.1. The molecule has 0 bridgehead atoms. The fourth-order valence-corrected chi connectivity index (χ4v) is 5.55. The Labute approximate surface area is 264 Å². The third-order valence-electron chi connectivity index (χ3n) is 6.83. The minimum absolute atomic E-state index is 0.111. The van der Waals surface area contributed by atoms with Crippen molar-refractivity contribution in [3.8, 4) is 5.75 Å². The third kappa shape index (κ3) is 7.48. The van der Waals surface area contributed by atoms with Gasteiger partial charge in [0.05, 0.1) is 22.1 Å². The summed E-state index contributed by atoms with van der Waals surface area (Å²) in [6, 6.07) is 25.8. The van der Waals surface area contributed by atoms with E-state index in [1.54, 1.807) is 30.3 Å². The van der Waals surface area contributed by atoms with Gasteiger partial charge in [-0.25, -0.2) is 4.79 Å². The number of unbranched alkanes of at least 4 members (excludes halogenated alkanes) is 1. The molecule has 3 amide bonds. The highest BCUT2D eigenvalue weighted by atomic mass is 35.5. The Bertz CT molecular complexity index is 1750. The molecule has 1 fully saturated rings. The lowest BCUT2D eigenvalue weighted by Gasteiger charge is -2.13. The number of carbonyl (C=O) groups excluding carboxylic acids is 4. The number of esters is 1. The summed E-state index contributed by atoms with van der Waals surface area (Å²) in [4.78, 5) is 51.7. The molecule has 0 atom stereocenters. The minimum Gasteiger partial charge on any atom is -0.489 e. The van der Waals surface area contributed by atoms with Gasteiger partial charge in [0, 0.05) is 5.69 Å². The van der Waals surface area contributed by atoms with Crippen molar-refractivity contribution in [3.63, 3.8) is 0 Å². The number of rotatable bonds is 11. The Morgan fingerprint density at radius 3 is 2.55 bits per heavy atom. The summed E-state index contributed by atoms with van der Waals surface area (Å²) >= 11 is 6.90. The number of hydrogen-bond donors (Lipinski definition) is 1. The van der Waals surface area contributed by atoms with Crippen LogP contribution in [-0.2, 0) is 20.9 Å². The summed E-state index contributed by atoms with van der Waals surface area (Å²) in [7, 11) is 0. The highest BCUT2D eigenvalue weighted by Crippen LogP contribution is 2.32. The van der Waals surface area contributed by atoms with E-state index in [9.17, 15) is 19.2 Å². The number of benzene rings is 4. The van der Waals surface area contributed by atoms with Crippen molar-refractivity contribution in [1.29, 1.82) is 0 Å². The Balaban J connectivity index is 1.18. The van der Waals surface area contributed by atoms with Crippen molar-refractivity contribution in [2.45, 2.75) is 26.4 Å². The van der Waals surface area contributed by atoms with Crippen molar-refractivity contribution < 1.29 is 28.7 Å². The van der Waals surface area contributed by atoms with Gasteiger partial charge in [-0.1, -0.05) is 79.5 Å². The quantitative estimate of drug-likeness (QED) is 0.103. The van der Waals surface area contributed by atoms with Crippen molar-refractivity contribution in [1.82, 2.24) is 4.90 Å². The third-order valence-corrected chi connectivity index (χ3v) is 8.07. The molecule has 1 aliphatic rings. The molecule has 5 rings (SSSR count). The van der Waals surface area contributed by atoms with Gasteiger partial charge in [-0.3, -0.25) is 19.3 Å². The molecule has 8 nitrogen and oxygen atoms in total. The van der Waals surface area contributed by atoms with E-state index in [0.717, 1.165) is 45.8 Å². The zero-order valence-corrected chi connectivity index (χ0v) is 25.5. The van der Waals surface area contributed by atoms with Crippen LogP contribution in [0, 0.1) is 0 Å². The normalized spacial score (nSPS) is 13.9. The Morgan fingerprint density at radius 1 is 0.977 bits per heavy atom. The summed E-state index contributed by atoms with van der Waals surface area (Å²) in [6.45, 7) is 2.16. The number of anilines is 1. The fourth-order valence-electron chi connectivity index (χ4n) is 4.52. The average Bonchev–Trinajstić information content (AvgIpc) is 3.28. The van der Waals surface area contributed by atoms with Crippen LogP contribution in [0.1, 0.15) is 41.3 Å². The van der Waals surface area contributed by atoms with E-state index in [2.05, 4.69) is 23.5 Å². The minimum atomic E-state index is -0.603. The van der Waals surface area contributed by atoms with Crippen molar-refractivity contribution in [3.05, 3.63) is 112 Å². The number of carbonyl (C=O) groups is 4. The van der Waals surface area contributed by atoms with Crippen LogP contribution in [0.3, 0.4) is 0 Å². The molecule has 0 aromatic heterocycles. The van der Waals surface area contributed by atoms with Crippen LogP contribution < -0.4 is 10.1 Å². The number of halogens is 1. The molecule has 0 radical (unpaired) electrons. The van der Waals surface area contributed by atoms with Crippen LogP contribution >= 0.6 is 23.4 Å². The van der Waals surface area contributed by atoms with Crippen LogP contribution in [0.5, 0.6) is 5.75 Å². The largest absolute Gasteiger partial charge is 0.489 e. The molecule has 0 aliphatic carbocycles. The van der Waals surface area contributed by atoms with Gasteiger partial charge in [0.15, 0.2) is 0 Å². The van der Waals surface area contributed by atoms with Crippen molar-refractivity contribution in [2.75, 3.05) is 18.5 Å². The Morgan fingerprint density at radius 2 is 1.75 bits per heavy atom. The molecule has 4 aromatic carbocycles. The van der Waals surface area contributed by atoms with Gasteiger partial charge in [-0.05, 0) is 76.5 Å². The molecule has 1 aliphatic heterocycles. The number of hydrogen-bond acceptors (Lipinski definition) is 7. The molecule has 4 aromatic rings. The molecule has 0 unspecified atom stereocenters. The van der Waals surface area contributed by atoms with Gasteiger partial charge in [0.2, 0.25) is 5.91 Å². The highest BCUT2D eigenvalue weighted by Gasteiger charge is 2.36. The monoisotopic (exact) mass is 628 g/mol. The smallest absolute Gasteiger partial charge is 0.339 e. The lowest BCUT2D eigenvalue weighted by atomic mass is 10.1. The summed E-state index contributed by atoms with van der Waals surface area (Å²) in [5.74, 6) is -1.10. The molecule has 1 N–H and O–H groups in total. The molecule has 0 spiro atoms. The SMILES string of the molecule is CCCCOC(=O)c1cc(NC(=O)CN2C(=O)S/C(=C/c3ccc(OCc4cccc5ccccc45)cc3)C2=O)ccc1Cl. The van der Waals surface area contributed by atoms with Gasteiger partial charge in [0.25, 0.3) is 11.1 Å². The summed E-state index contributed by atoms with van der Waals surface area (Å²) in [5, 5.41) is 4.53. The molecular formula is C34H29ClN2O6S. The first-order chi connectivity index (χ1) is 21.3. The maximum atomic E-state index is 13.0. The molecule has 44 heavy (non-hydrogen) atoms. The molecule has 1 saturated heterocycles. The van der Waals surface area contributed by atoms with E-state index in [-0.39, 0.29) is 27.8 Å². The van der Waals surface area contributed by atoms with E-state index in [0.29, 0.717) is 17.9 Å². The topological polar surface area (TPSA) is 102 Å². The number of fused-ring (bicyclic) bond motifs is 1. The van der Waals surface area contributed by atoms with Crippen LogP contribution in [0.2, 0.25) is 5.02 Å². The summed E-state index contributed by atoms with van der Waals surface area (Å²) < 4.78 is 11.2. The molecule has 10 heteroatoms. The number of imide groups is 1. The van der Waals surface area contributed by atoms with E-state index < -0.39 is 29.6 Å². The lowest BCUT2D eigenvalue weighted by Crippen LogP contribution is -2.36. The van der Waals surface area contributed by atoms with E-state index in [4.69, 9.17) is 21.1 Å². The summed E-state index contributed by atoms with van der Waals surface area (Å²) in [6.07, 6.45) is 3.19. The van der Waals surface area contributed by atoms with Gasteiger partial charge in [-0.2, -0.15) is 0 Å². The Hall–Kier alpha value is -4.60. The van der Waals surface area contributed by atoms with Crippen LogP contribution in [0.15, 0.2) is 89.8 Å². The predicted octanol–water partition coefficient (Wildman–Crippen LogP) is 7.70. The zero-order valence-electron chi connectivity index (χ0n) is 23.9. The second kappa shape index (κ2) is 14.2. The number of thioether (sulfide) groups is 1. The van der Waals surface area contributed by atoms with Gasteiger partial charge in [-0.15, -0.1) is 0 Å². The summed E-state index contributed by atoms with van der Waals surface area (Å²) in [5.41, 5.74) is 2.18. The van der Waals surface area contributed by atoms with Gasteiger partial charge < -0.3 is 14.8 Å². The van der Waals surface area contributed by atoms with Crippen molar-refractivity contribution in [2.24, 2.45) is 0 Å². The Kier molecular flexibility index (Phi) is 9.99. The van der Waals surface area contributed by atoms with E-state index >= 15 is 0 Å². The standard InChI is InChI=1S/C34H29ClN2O6S/c1-2-3-17-42-33(40)28-19-25(13-16-29(28)35)36-31(38)20-37-32(39)30(44-34(37)41)18-22-11-14-26(15-12-22)43-21-24-9-6-8-23-7-4-5-10-27(23)24/h4-16,18-19H,2-3,17,20-21H2,1H3,(H,36,38)/b30-18+. The second-order valence-electron chi connectivity index (χ2n) is 10.00. The number of nitrogens with zero attached hydrogens (tertiary/aromatic N) is 1. The highest BCUT2D eigenvalue weighted by molar-refractivity contribution is 8.18. The van der Waals surface area contributed by atoms with E-state index in [1.807, 2.05) is 31.2 Å². The maximum absolute atomic E-state index is 13.0. The molecule has 0 saturated carbocycles. The number of amides is 3. The van der Waals surface area contributed by atoms with Crippen LogP contribution in [0.4, 0.5) is 10.5 Å². The van der Waals surface area contributed by atoms with Gasteiger partial charge >= 0.3 is 5.97 Å². The number of nitrogens with one attached hydrogen (secondary N) is 1. The average molecular weight is 629 g/mol. The lowest BCUT2D eigenvalue weighted by molar-refractivity contribution is -0.127. The maximum Gasteiger partial charge on any atom is 0.339 e. The molecule has 1 heterocycles. The fraction of sp³-hybridized carbons (Fsp3) is 0.176. The predicted molar refractivity (Wildman–Crippen MR) is 173 cm³/mol. The van der Waals surface area contributed by atoms with E-state index in [1.165, 1.54) is 18.2 Å². The molecule has 224 valence electrons. The van der Waals surface area contributed by atoms with Gasteiger partial charge in [0.1, 0.15) is 18.9 Å². The first-order valence-corrected chi connectivity index (χ1v) is 15.2. The first-order valence-electron chi connectivity index (χ1n) is 14.0. The second-order valence-corrected chi connectivity index (χ2v) is 11.4. The van der Waals surface area contributed by atoms with Crippen molar-refractivity contribution >= 4 is 68.9 Å². The number of ether oxygens (including phenoxy) is 2. The first kappa shape index (κ1) is 30.8. The molecular weight excluding hydrogens is 600 g/mol.